The number of quaternary nitrogens is 1. The van der Waals surface area contributed by atoms with Crippen LogP contribution in [0.1, 0.15) is 68.4 Å². The van der Waals surface area contributed by atoms with Gasteiger partial charge in [-0.25, -0.2) is 9.97 Å². The van der Waals surface area contributed by atoms with Gasteiger partial charge in [0, 0.05) is 25.0 Å². The number of piperidine rings is 3. The van der Waals surface area contributed by atoms with Gasteiger partial charge in [-0.3, -0.25) is 9.59 Å². The van der Waals surface area contributed by atoms with Crippen molar-refractivity contribution in [3.8, 4) is 0 Å². The summed E-state index contributed by atoms with van der Waals surface area (Å²) in [6.45, 7) is 5.10. The van der Waals surface area contributed by atoms with Crippen LogP contribution in [0.2, 0.25) is 0 Å². The van der Waals surface area contributed by atoms with Crippen molar-refractivity contribution in [2.24, 2.45) is 5.92 Å². The first-order valence-corrected chi connectivity index (χ1v) is 13.4. The summed E-state index contributed by atoms with van der Waals surface area (Å²) in [5.41, 5.74) is 1.36. The number of carbonyl (C=O) groups is 2. The predicted octanol–water partition coefficient (Wildman–Crippen LogP) is 4.34. The average molecular weight is 477 g/mol. The van der Waals surface area contributed by atoms with Gasteiger partial charge in [0.25, 0.3) is 0 Å². The molecule has 6 nitrogen and oxygen atoms in total. The van der Waals surface area contributed by atoms with Crippen LogP contribution in [0.25, 0.3) is 0 Å². The van der Waals surface area contributed by atoms with Crippen molar-refractivity contribution in [2.75, 3.05) is 26.2 Å². The van der Waals surface area contributed by atoms with Crippen molar-refractivity contribution in [1.82, 2.24) is 9.97 Å². The second kappa shape index (κ2) is 10.2. The summed E-state index contributed by atoms with van der Waals surface area (Å²) in [7, 11) is 0. The number of ether oxygens (including phenoxy) is 1. The van der Waals surface area contributed by atoms with E-state index in [2.05, 4.69) is 22.1 Å². The standard InChI is InChI=1S/C29H38N3O3/c1-22-30-16-11-25(31-22)19-26(33)20-32-17-12-23(13-18-32)27(21-32)35-28(34)29(14-7-2-3-8-15-29)24-9-5-4-6-10-24/h4-6,9-11,16,23,27H,2-3,7-8,12-15,17-21H2,1H3/q+1/t23?,27-,32?/m0/s1. The Morgan fingerprint density at radius 2 is 1.74 bits per heavy atom. The van der Waals surface area contributed by atoms with E-state index in [0.717, 1.165) is 73.9 Å². The van der Waals surface area contributed by atoms with Crippen LogP contribution in [0, 0.1) is 12.8 Å². The zero-order valence-electron chi connectivity index (χ0n) is 21.0. The molecule has 1 saturated carbocycles. The molecule has 2 bridgehead atoms. The van der Waals surface area contributed by atoms with Gasteiger partial charge in [0.2, 0.25) is 0 Å². The van der Waals surface area contributed by atoms with Crippen LogP contribution in [-0.2, 0) is 26.2 Å². The first kappa shape index (κ1) is 24.1. The predicted molar refractivity (Wildman–Crippen MR) is 134 cm³/mol. The highest BCUT2D eigenvalue weighted by Gasteiger charge is 2.50. The molecule has 6 heteroatoms. The highest BCUT2D eigenvalue weighted by atomic mass is 16.5. The minimum atomic E-state index is -0.532. The number of esters is 1. The number of aryl methyl sites for hydroxylation is 1. The van der Waals surface area contributed by atoms with E-state index in [0.29, 0.717) is 24.7 Å². The highest BCUT2D eigenvalue weighted by molar-refractivity contribution is 5.83. The lowest BCUT2D eigenvalue weighted by Crippen LogP contribution is -2.66. The molecule has 6 rings (SSSR count). The Morgan fingerprint density at radius 1 is 1.03 bits per heavy atom. The maximum Gasteiger partial charge on any atom is 0.317 e. The molecular weight excluding hydrogens is 438 g/mol. The van der Waals surface area contributed by atoms with E-state index >= 15 is 0 Å². The third-order valence-electron chi connectivity index (χ3n) is 8.70. The number of Topliss-reactive ketones (excluding diaryl/α,β-unsaturated/α-hetero) is 1. The van der Waals surface area contributed by atoms with Gasteiger partial charge < -0.3 is 9.22 Å². The molecule has 1 aromatic carbocycles. The first-order valence-electron chi connectivity index (χ1n) is 13.4. The van der Waals surface area contributed by atoms with Crippen LogP contribution in [0.3, 0.4) is 0 Å². The number of benzene rings is 1. The molecule has 3 aliphatic heterocycles. The molecule has 4 aliphatic rings. The second-order valence-corrected chi connectivity index (χ2v) is 11.1. The van der Waals surface area contributed by atoms with Gasteiger partial charge >= 0.3 is 5.97 Å². The molecule has 4 fully saturated rings. The fourth-order valence-electron chi connectivity index (χ4n) is 6.76. The quantitative estimate of drug-likeness (QED) is 0.338. The summed E-state index contributed by atoms with van der Waals surface area (Å²) in [5.74, 6) is 1.28. The van der Waals surface area contributed by atoms with Crippen LogP contribution in [-0.4, -0.2) is 58.5 Å². The number of nitrogens with zero attached hydrogens (tertiary/aromatic N) is 3. The Hall–Kier alpha value is -2.60. The maximum absolute atomic E-state index is 13.9. The van der Waals surface area contributed by atoms with Gasteiger partial charge in [0.1, 0.15) is 18.9 Å². The minimum Gasteiger partial charge on any atom is -0.455 e. The van der Waals surface area contributed by atoms with E-state index in [-0.39, 0.29) is 17.9 Å². The summed E-state index contributed by atoms with van der Waals surface area (Å²) in [6, 6.07) is 12.1. The monoisotopic (exact) mass is 476 g/mol. The van der Waals surface area contributed by atoms with E-state index in [9.17, 15) is 9.59 Å². The number of rotatable bonds is 7. The van der Waals surface area contributed by atoms with Crippen LogP contribution in [0.4, 0.5) is 0 Å². The molecule has 4 heterocycles. The normalized spacial score (nSPS) is 27.7. The largest absolute Gasteiger partial charge is 0.455 e. The SMILES string of the molecule is Cc1nccc(CC(=O)C[N+]23CCC(CC2)[C@@H](OC(=O)C2(c4ccccc4)CCCCCC2)C3)n1. The molecule has 0 amide bonds. The fourth-order valence-corrected chi connectivity index (χ4v) is 6.76. The zero-order valence-corrected chi connectivity index (χ0v) is 21.0. The molecule has 1 atom stereocenters. The Morgan fingerprint density at radius 3 is 2.43 bits per heavy atom. The van der Waals surface area contributed by atoms with E-state index < -0.39 is 5.41 Å². The summed E-state index contributed by atoms with van der Waals surface area (Å²) in [5, 5.41) is 0. The molecule has 3 saturated heterocycles. The Balaban J connectivity index is 1.29. The van der Waals surface area contributed by atoms with Crippen molar-refractivity contribution < 1.29 is 18.8 Å². The van der Waals surface area contributed by atoms with Gasteiger partial charge in [-0.15, -0.1) is 0 Å². The molecule has 1 aliphatic carbocycles. The molecule has 2 aromatic rings. The van der Waals surface area contributed by atoms with Gasteiger partial charge in [-0.05, 0) is 31.4 Å². The Kier molecular flexibility index (Phi) is 7.01. The number of carbonyl (C=O) groups excluding carboxylic acids is 2. The van der Waals surface area contributed by atoms with Gasteiger partial charge in [-0.2, -0.15) is 0 Å². The molecule has 35 heavy (non-hydrogen) atoms. The van der Waals surface area contributed by atoms with Gasteiger partial charge in [0.05, 0.1) is 30.6 Å². The van der Waals surface area contributed by atoms with Crippen molar-refractivity contribution in [2.45, 2.75) is 76.2 Å². The van der Waals surface area contributed by atoms with E-state index in [1.165, 1.54) is 12.8 Å². The van der Waals surface area contributed by atoms with Crippen molar-refractivity contribution in [3.05, 3.63) is 59.7 Å². The minimum absolute atomic E-state index is 0.0368. The topological polar surface area (TPSA) is 69.2 Å². The summed E-state index contributed by atoms with van der Waals surface area (Å²) in [6.07, 6.45) is 10.2. The van der Waals surface area contributed by atoms with Gasteiger partial charge in [0.15, 0.2) is 11.9 Å². The maximum atomic E-state index is 13.9. The summed E-state index contributed by atoms with van der Waals surface area (Å²) < 4.78 is 7.18. The lowest BCUT2D eigenvalue weighted by Gasteiger charge is -2.52. The summed E-state index contributed by atoms with van der Waals surface area (Å²) in [4.78, 5) is 35.5. The van der Waals surface area contributed by atoms with Crippen LogP contribution in [0.5, 0.6) is 0 Å². The number of hydrogen-bond donors (Lipinski definition) is 0. The van der Waals surface area contributed by atoms with Crippen molar-refractivity contribution in [1.29, 1.82) is 0 Å². The van der Waals surface area contributed by atoms with Crippen molar-refractivity contribution in [3.63, 3.8) is 0 Å². The number of fused-ring (bicyclic) bond motifs is 3. The zero-order chi connectivity index (χ0) is 24.3. The third kappa shape index (κ3) is 5.18. The molecule has 0 N–H and O–H groups in total. The molecule has 0 radical (unpaired) electrons. The number of aromatic nitrogens is 2. The van der Waals surface area contributed by atoms with Crippen molar-refractivity contribution >= 4 is 11.8 Å². The molecule has 186 valence electrons. The van der Waals surface area contributed by atoms with Gasteiger partial charge in [-0.1, -0.05) is 56.0 Å². The van der Waals surface area contributed by atoms with Crippen LogP contribution < -0.4 is 0 Å². The first-order chi connectivity index (χ1) is 17.0. The molecular formula is C29H38N3O3+. The van der Waals surface area contributed by atoms with E-state index in [4.69, 9.17) is 4.74 Å². The van der Waals surface area contributed by atoms with Crippen LogP contribution in [0.15, 0.2) is 42.6 Å². The third-order valence-corrected chi connectivity index (χ3v) is 8.70. The van der Waals surface area contributed by atoms with E-state index in [1.807, 2.05) is 31.2 Å². The molecule has 1 aromatic heterocycles. The smallest absolute Gasteiger partial charge is 0.317 e. The average Bonchev–Trinajstić information content (AvgIpc) is 3.12. The second-order valence-electron chi connectivity index (χ2n) is 11.1. The number of ketones is 1. The number of hydrogen-bond acceptors (Lipinski definition) is 5. The van der Waals surface area contributed by atoms with Crippen LogP contribution >= 0.6 is 0 Å². The molecule has 0 spiro atoms. The van der Waals surface area contributed by atoms with E-state index in [1.54, 1.807) is 6.20 Å². The Labute approximate surface area is 208 Å². The fraction of sp³-hybridized carbons (Fsp3) is 0.586. The lowest BCUT2D eigenvalue weighted by molar-refractivity contribution is -0.939. The summed E-state index contributed by atoms with van der Waals surface area (Å²) >= 11 is 0. The lowest BCUT2D eigenvalue weighted by atomic mass is 9.74. The highest BCUT2D eigenvalue weighted by Crippen LogP contribution is 2.42. The Bertz CT molecular complexity index is 1040. The molecule has 0 unspecified atom stereocenters.